The first-order valence-electron chi connectivity index (χ1n) is 7.17. The molecule has 0 radical (unpaired) electrons. The van der Waals surface area contributed by atoms with Crippen LogP contribution in [0, 0.1) is 0 Å². The van der Waals surface area contributed by atoms with Crippen molar-refractivity contribution >= 4 is 16.1 Å². The zero-order valence-electron chi connectivity index (χ0n) is 13.2. The molecule has 27 heavy (non-hydrogen) atoms. The van der Waals surface area contributed by atoms with Crippen molar-refractivity contribution in [1.29, 1.82) is 0 Å². The summed E-state index contributed by atoms with van der Waals surface area (Å²) in [5.41, 5.74) is -2.98. The monoisotopic (exact) mass is 410 g/mol. The van der Waals surface area contributed by atoms with Gasteiger partial charge in [0.25, 0.3) is 5.50 Å². The van der Waals surface area contributed by atoms with Crippen LogP contribution >= 0.6 is 0 Å². The molecule has 0 aliphatic heterocycles. The van der Waals surface area contributed by atoms with Crippen LogP contribution in [0.2, 0.25) is 0 Å². The van der Waals surface area contributed by atoms with Crippen molar-refractivity contribution in [2.75, 3.05) is 0 Å². The van der Waals surface area contributed by atoms with Gasteiger partial charge in [-0.05, 0) is 27.8 Å². The molecule has 0 fully saturated rings. The molecule has 0 saturated carbocycles. The highest BCUT2D eigenvalue weighted by atomic mass is 32.2. The molecule has 11 heteroatoms. The van der Waals surface area contributed by atoms with Crippen LogP contribution < -0.4 is 0 Å². The summed E-state index contributed by atoms with van der Waals surface area (Å²) in [7, 11) is -5.88. The second kappa shape index (κ2) is 8.01. The van der Waals surface area contributed by atoms with Crippen molar-refractivity contribution < 1.29 is 44.4 Å². The molecule has 0 N–H and O–H groups in total. The summed E-state index contributed by atoms with van der Waals surface area (Å²) in [6.45, 7) is 0. The molecular weight excluding hydrogens is 399 g/mol. The van der Waals surface area contributed by atoms with Gasteiger partial charge in [0.05, 0.1) is 5.56 Å². The average molecular weight is 410 g/mol. The van der Waals surface area contributed by atoms with Crippen molar-refractivity contribution in [3.63, 3.8) is 0 Å². The van der Waals surface area contributed by atoms with Crippen molar-refractivity contribution in [3.05, 3.63) is 60.2 Å². The molecule has 0 spiro atoms. The third-order valence-corrected chi connectivity index (χ3v) is 4.36. The largest absolute Gasteiger partial charge is 0.445 e. The lowest BCUT2D eigenvalue weighted by Crippen LogP contribution is -2.45. The summed E-state index contributed by atoms with van der Waals surface area (Å²) >= 11 is 0. The van der Waals surface area contributed by atoms with Gasteiger partial charge in [0.15, 0.2) is 0 Å². The minimum absolute atomic E-state index is 0.394. The highest BCUT2D eigenvalue weighted by molar-refractivity contribution is 7.87. The Bertz CT molecular complexity index is 882. The first kappa shape index (κ1) is 20.8. The summed E-state index contributed by atoms with van der Waals surface area (Å²) in [4.78, 5) is 11.9. The minimum atomic E-state index is -5.88. The van der Waals surface area contributed by atoms with E-state index in [0.29, 0.717) is 5.56 Å². The predicted octanol–water partition coefficient (Wildman–Crippen LogP) is 3.97. The number of rotatable bonds is 6. The van der Waals surface area contributed by atoms with Crippen molar-refractivity contribution in [3.8, 4) is 11.1 Å². The number of carbonyl (C=O) groups excluding carboxylic acids is 1. The van der Waals surface area contributed by atoms with E-state index in [-0.39, 0.29) is 0 Å². The molecule has 2 aromatic carbocycles. The fourth-order valence-corrected chi connectivity index (χ4v) is 2.65. The average Bonchev–Trinajstić information content (AvgIpc) is 2.65. The van der Waals surface area contributed by atoms with Gasteiger partial charge < -0.3 is 4.74 Å². The molecule has 0 amide bonds. The molecule has 5 nitrogen and oxygen atoms in total. The number of carbonyl (C=O) groups is 1. The number of esters is 1. The Hall–Kier alpha value is -2.53. The Morgan fingerprint density at radius 1 is 0.926 bits per heavy atom. The molecule has 0 aromatic heterocycles. The fourth-order valence-electron chi connectivity index (χ4n) is 2.07. The van der Waals surface area contributed by atoms with E-state index in [9.17, 15) is 35.3 Å². The van der Waals surface area contributed by atoms with Crippen LogP contribution in [0.5, 0.6) is 0 Å². The van der Waals surface area contributed by atoms with Gasteiger partial charge in [0.2, 0.25) is 6.10 Å². The highest BCUT2D eigenvalue weighted by Gasteiger charge is 2.54. The first-order chi connectivity index (χ1) is 12.6. The second-order valence-corrected chi connectivity index (χ2v) is 6.78. The summed E-state index contributed by atoms with van der Waals surface area (Å²) in [6, 6.07) is 13.8. The molecule has 2 rings (SSSR count). The van der Waals surface area contributed by atoms with Crippen molar-refractivity contribution in [2.45, 2.75) is 17.8 Å². The molecule has 0 saturated heterocycles. The number of hydrogen-bond donors (Lipinski definition) is 0. The lowest BCUT2D eigenvalue weighted by atomic mass is 10.0. The van der Waals surface area contributed by atoms with Gasteiger partial charge in [-0.1, -0.05) is 46.9 Å². The Kier molecular flexibility index (Phi) is 6.16. The molecule has 2 unspecified atom stereocenters. The lowest BCUT2D eigenvalue weighted by molar-refractivity contribution is -0.214. The third-order valence-electron chi connectivity index (χ3n) is 3.39. The lowest BCUT2D eigenvalue weighted by Gasteiger charge is -2.22. The van der Waals surface area contributed by atoms with E-state index in [1.54, 1.807) is 30.3 Å². The van der Waals surface area contributed by atoms with E-state index < -0.39 is 39.4 Å². The van der Waals surface area contributed by atoms with Crippen LogP contribution in [0.3, 0.4) is 0 Å². The number of halogens is 5. The molecule has 0 bridgehead atoms. The van der Waals surface area contributed by atoms with Crippen LogP contribution in [-0.2, 0) is 19.2 Å². The van der Waals surface area contributed by atoms with Crippen molar-refractivity contribution in [1.82, 2.24) is 0 Å². The van der Waals surface area contributed by atoms with E-state index in [2.05, 4.69) is 9.12 Å². The van der Waals surface area contributed by atoms with Gasteiger partial charge in [-0.15, -0.1) is 0 Å². The Labute approximate surface area is 150 Å². The summed E-state index contributed by atoms with van der Waals surface area (Å²) < 4.78 is 91.7. The summed E-state index contributed by atoms with van der Waals surface area (Å²) in [5, 5.41) is 0. The molecule has 2 atom stereocenters. The maximum Gasteiger partial charge on any atom is 0.429 e. The van der Waals surface area contributed by atoms with Crippen LogP contribution in [-0.4, -0.2) is 32.2 Å². The Balaban J connectivity index is 2.23. The van der Waals surface area contributed by atoms with Gasteiger partial charge in [-0.25, -0.2) is 9.18 Å². The van der Waals surface area contributed by atoms with Crippen LogP contribution in [0.4, 0.5) is 22.1 Å². The quantitative estimate of drug-likeness (QED) is 0.533. The molecule has 146 valence electrons. The Morgan fingerprint density at radius 3 is 1.93 bits per heavy atom. The van der Waals surface area contributed by atoms with Gasteiger partial charge >= 0.3 is 22.3 Å². The summed E-state index contributed by atoms with van der Waals surface area (Å²) in [6.07, 6.45) is -9.38. The topological polar surface area (TPSA) is 69.7 Å². The first-order valence-corrected chi connectivity index (χ1v) is 8.64. The number of ether oxygens (including phenoxy) is 1. The zero-order chi connectivity index (χ0) is 20.2. The normalized spacial score (nSPS) is 14.4. The third kappa shape index (κ3) is 5.01. The van der Waals surface area contributed by atoms with E-state index in [1.807, 2.05) is 0 Å². The molecule has 0 aliphatic carbocycles. The smallest absolute Gasteiger partial charge is 0.429 e. The van der Waals surface area contributed by atoms with Crippen LogP contribution in [0.25, 0.3) is 11.1 Å². The second-order valence-electron chi connectivity index (χ2n) is 5.22. The molecule has 0 heterocycles. The standard InChI is InChI=1S/C16H11F5O5S/c17-14(27(23,24)26-21)13(16(18,19)20)25-15(22)12-8-6-11(7-9-12)10-4-2-1-3-5-10/h1-9,13-14H. The van der Waals surface area contributed by atoms with Gasteiger partial charge in [0.1, 0.15) is 0 Å². The maximum atomic E-state index is 13.6. The summed E-state index contributed by atoms with van der Waals surface area (Å²) in [5.74, 6) is -1.64. The van der Waals surface area contributed by atoms with Crippen LogP contribution in [0.1, 0.15) is 10.4 Å². The van der Waals surface area contributed by atoms with Crippen LogP contribution in [0.15, 0.2) is 54.6 Å². The van der Waals surface area contributed by atoms with Gasteiger partial charge in [-0.3, -0.25) is 0 Å². The number of hydrogen-bond acceptors (Lipinski definition) is 5. The fraction of sp³-hybridized carbons (Fsp3) is 0.188. The van der Waals surface area contributed by atoms with Gasteiger partial charge in [-0.2, -0.15) is 21.6 Å². The molecule has 0 aliphatic rings. The van der Waals surface area contributed by atoms with E-state index in [0.717, 1.165) is 17.7 Å². The predicted molar refractivity (Wildman–Crippen MR) is 83.1 cm³/mol. The van der Waals surface area contributed by atoms with E-state index >= 15 is 0 Å². The van der Waals surface area contributed by atoms with Gasteiger partial charge in [0, 0.05) is 0 Å². The number of alkyl halides is 4. The van der Waals surface area contributed by atoms with E-state index in [4.69, 9.17) is 0 Å². The van der Waals surface area contributed by atoms with Crippen molar-refractivity contribution in [2.24, 2.45) is 0 Å². The SMILES string of the molecule is O=C(OC(C(F)S(=O)(=O)OF)C(F)(F)F)c1ccc(-c2ccccc2)cc1. The molecular formula is C16H11F5O5S. The van der Waals surface area contributed by atoms with E-state index in [1.165, 1.54) is 12.1 Å². The number of benzene rings is 2. The highest BCUT2D eigenvalue weighted by Crippen LogP contribution is 2.31. The Morgan fingerprint density at radius 2 is 1.44 bits per heavy atom. The minimum Gasteiger partial charge on any atom is -0.445 e. The maximum absolute atomic E-state index is 13.6. The molecule has 2 aromatic rings. The zero-order valence-corrected chi connectivity index (χ0v) is 14.0.